The molecule has 0 fully saturated rings. The number of esters is 1. The Kier molecular flexibility index (Phi) is 11.0. The highest BCUT2D eigenvalue weighted by molar-refractivity contribution is 5.93. The smallest absolute Gasteiger partial charge is 0.340 e. The molecule has 3 aromatic rings. The topological polar surface area (TPSA) is 91.9 Å². The number of nitrogens with zero attached hydrogens (tertiary/aromatic N) is 1. The average Bonchev–Trinajstić information content (AvgIpc) is 3.61. The molecule has 3 rings (SSSR count). The number of carbonyl (C=O) groups is 2. The van der Waals surface area contributed by atoms with Crippen LogP contribution in [0.15, 0.2) is 24.3 Å². The molecule has 0 bridgehead atoms. The van der Waals surface area contributed by atoms with Crippen molar-refractivity contribution in [3.8, 4) is 11.4 Å². The first kappa shape index (κ1) is 36.3. The van der Waals surface area contributed by atoms with Crippen molar-refractivity contribution in [2.45, 2.75) is 151 Å². The van der Waals surface area contributed by atoms with Crippen molar-refractivity contribution in [3.05, 3.63) is 58.2 Å². The van der Waals surface area contributed by atoms with Crippen LogP contribution >= 0.6 is 0 Å². The van der Waals surface area contributed by atoms with E-state index in [2.05, 4.69) is 107 Å². The Hall–Kier alpha value is -3.22. The van der Waals surface area contributed by atoms with Crippen LogP contribution in [0.25, 0.3) is 11.4 Å². The highest BCUT2D eigenvalue weighted by Crippen LogP contribution is 2.35. The number of H-pyrrole nitrogens is 2. The third-order valence-electron chi connectivity index (χ3n) is 8.06. The Morgan fingerprint density at radius 2 is 1.40 bits per heavy atom. The Morgan fingerprint density at radius 3 is 1.96 bits per heavy atom. The monoisotopic (exact) mass is 620 g/mol. The number of aromatic amines is 2. The summed E-state index contributed by atoms with van der Waals surface area (Å²) in [6, 6.07) is 8.56. The van der Waals surface area contributed by atoms with E-state index in [0.29, 0.717) is 18.5 Å². The third kappa shape index (κ3) is 9.64. The van der Waals surface area contributed by atoms with Crippen molar-refractivity contribution in [2.75, 3.05) is 6.54 Å². The van der Waals surface area contributed by atoms with Gasteiger partial charge in [-0.2, -0.15) is 0 Å². The number of aromatic nitrogens is 3. The van der Waals surface area contributed by atoms with Crippen LogP contribution in [0.3, 0.4) is 0 Å². The van der Waals surface area contributed by atoms with Crippen molar-refractivity contribution in [3.63, 3.8) is 0 Å². The van der Waals surface area contributed by atoms with Crippen molar-refractivity contribution in [2.24, 2.45) is 0 Å². The van der Waals surface area contributed by atoms with Gasteiger partial charge in [0.05, 0.1) is 17.0 Å². The van der Waals surface area contributed by atoms with Crippen LogP contribution in [0.1, 0.15) is 148 Å². The summed E-state index contributed by atoms with van der Waals surface area (Å²) < 4.78 is 8.17. The van der Waals surface area contributed by atoms with E-state index in [4.69, 9.17) is 4.74 Å². The molecule has 0 radical (unpaired) electrons. The lowest BCUT2D eigenvalue weighted by Crippen LogP contribution is -2.26. The normalized spacial score (nSPS) is 12.9. The summed E-state index contributed by atoms with van der Waals surface area (Å²) in [6.45, 7) is 29.1. The van der Waals surface area contributed by atoms with Gasteiger partial charge in [0.1, 0.15) is 5.60 Å². The molecule has 7 heteroatoms. The van der Waals surface area contributed by atoms with Crippen LogP contribution in [-0.2, 0) is 45.2 Å². The maximum Gasteiger partial charge on any atom is 0.340 e. The van der Waals surface area contributed by atoms with Crippen LogP contribution in [0.2, 0.25) is 0 Å². The number of nitrogens with one attached hydrogen (secondary N) is 3. The summed E-state index contributed by atoms with van der Waals surface area (Å²) in [5.74, 6) is -0.221. The molecular formula is C38H60N4O3. The summed E-state index contributed by atoms with van der Waals surface area (Å²) in [4.78, 5) is 33.1. The van der Waals surface area contributed by atoms with Crippen LogP contribution in [-0.4, -0.2) is 38.6 Å². The summed E-state index contributed by atoms with van der Waals surface area (Å²) >= 11 is 0. The van der Waals surface area contributed by atoms with Crippen LogP contribution in [0.5, 0.6) is 0 Å². The Labute approximate surface area is 272 Å². The molecule has 3 aromatic heterocycles. The Morgan fingerprint density at radius 1 is 0.800 bits per heavy atom. The molecule has 0 saturated carbocycles. The lowest BCUT2D eigenvalue weighted by molar-refractivity contribution is -0.121. The molecule has 0 aliphatic carbocycles. The predicted octanol–water partition coefficient (Wildman–Crippen LogP) is 8.75. The van der Waals surface area contributed by atoms with Crippen LogP contribution in [0.4, 0.5) is 0 Å². The van der Waals surface area contributed by atoms with Gasteiger partial charge in [-0.15, -0.1) is 0 Å². The van der Waals surface area contributed by atoms with E-state index in [1.54, 1.807) is 0 Å². The van der Waals surface area contributed by atoms with E-state index >= 15 is 0 Å². The Bertz CT molecular complexity index is 1460. The van der Waals surface area contributed by atoms with Gasteiger partial charge in [0.15, 0.2) is 0 Å². The number of ether oxygens (including phenoxy) is 1. The lowest BCUT2D eigenvalue weighted by atomic mass is 9.88. The minimum Gasteiger partial charge on any atom is -0.456 e. The number of rotatable bonds is 11. The van der Waals surface area contributed by atoms with Crippen LogP contribution < -0.4 is 5.32 Å². The molecule has 0 aliphatic heterocycles. The molecule has 0 unspecified atom stereocenters. The van der Waals surface area contributed by atoms with Gasteiger partial charge >= 0.3 is 5.97 Å². The summed E-state index contributed by atoms with van der Waals surface area (Å²) in [6.07, 6.45) is 3.95. The van der Waals surface area contributed by atoms with E-state index in [1.165, 1.54) is 17.0 Å². The third-order valence-corrected chi connectivity index (χ3v) is 8.06. The van der Waals surface area contributed by atoms with Gasteiger partial charge < -0.3 is 24.6 Å². The summed E-state index contributed by atoms with van der Waals surface area (Å²) in [5.41, 5.74) is 7.40. The molecule has 0 aromatic carbocycles. The van der Waals surface area contributed by atoms with E-state index in [-0.39, 0.29) is 28.1 Å². The highest BCUT2D eigenvalue weighted by Gasteiger charge is 2.30. The number of hydrogen-bond acceptors (Lipinski definition) is 3. The fourth-order valence-electron chi connectivity index (χ4n) is 5.92. The molecule has 0 aliphatic rings. The molecule has 3 N–H and O–H groups in total. The van der Waals surface area contributed by atoms with Gasteiger partial charge in [-0.1, -0.05) is 69.2 Å². The summed E-state index contributed by atoms with van der Waals surface area (Å²) in [5, 5.41) is 3.14. The second-order valence-electron chi connectivity index (χ2n) is 16.6. The van der Waals surface area contributed by atoms with Gasteiger partial charge in [-0.05, 0) is 76.3 Å². The molecule has 7 nitrogen and oxygen atoms in total. The quantitative estimate of drug-likeness (QED) is 0.148. The zero-order valence-corrected chi connectivity index (χ0v) is 30.4. The van der Waals surface area contributed by atoms with Crippen molar-refractivity contribution < 1.29 is 14.3 Å². The van der Waals surface area contributed by atoms with Gasteiger partial charge in [0, 0.05) is 58.5 Å². The van der Waals surface area contributed by atoms with Gasteiger partial charge in [-0.3, -0.25) is 4.79 Å². The predicted molar refractivity (Wildman–Crippen MR) is 186 cm³/mol. The fraction of sp³-hybridized carbons (Fsp3) is 0.632. The first-order valence-electron chi connectivity index (χ1n) is 16.8. The van der Waals surface area contributed by atoms with E-state index in [0.717, 1.165) is 55.0 Å². The fourth-order valence-corrected chi connectivity index (χ4v) is 5.92. The molecular weight excluding hydrogens is 560 g/mol. The van der Waals surface area contributed by atoms with Gasteiger partial charge in [-0.25, -0.2) is 4.79 Å². The number of hydrogen-bond donors (Lipinski definition) is 3. The number of aryl methyl sites for hydroxylation is 2. The van der Waals surface area contributed by atoms with E-state index in [1.807, 2.05) is 26.8 Å². The van der Waals surface area contributed by atoms with Crippen molar-refractivity contribution >= 4 is 11.9 Å². The molecule has 1 amide bonds. The standard InChI is InChI=1S/C38H60N4O3/c1-14-26-19-20-30(35(2,3)4)42(26)22-16-21-39-31(43)18-15-17-25-23-28(40-32(25)36(5,6)7)29-24-27(33(41-29)37(8,9)10)34(44)45-38(11,12)13/h19-20,23-24,40-41H,14-18,21-22H2,1-13H3,(H,39,43). The maximum absolute atomic E-state index is 13.2. The molecule has 0 atom stereocenters. The molecule has 0 saturated heterocycles. The van der Waals surface area contributed by atoms with E-state index in [9.17, 15) is 9.59 Å². The average molecular weight is 621 g/mol. The van der Waals surface area contributed by atoms with Gasteiger partial charge in [0.25, 0.3) is 0 Å². The van der Waals surface area contributed by atoms with Crippen molar-refractivity contribution in [1.82, 2.24) is 19.9 Å². The molecule has 250 valence electrons. The maximum atomic E-state index is 13.2. The second-order valence-corrected chi connectivity index (χ2v) is 16.6. The SMILES string of the molecule is CCc1ccc(C(C)(C)C)n1CCCNC(=O)CCCc1cc(-c2cc(C(=O)OC(C)(C)C)c(C(C)(C)C)[nH]2)[nH]c1C(C)(C)C. The first-order valence-corrected chi connectivity index (χ1v) is 16.8. The minimum atomic E-state index is -0.577. The minimum absolute atomic E-state index is 0.0941. The van der Waals surface area contributed by atoms with Crippen LogP contribution in [0, 0.1) is 0 Å². The zero-order chi connectivity index (χ0) is 34.0. The van der Waals surface area contributed by atoms with Crippen molar-refractivity contribution in [1.29, 1.82) is 0 Å². The molecule has 3 heterocycles. The largest absolute Gasteiger partial charge is 0.456 e. The molecule has 0 spiro atoms. The first-order chi connectivity index (χ1) is 20.6. The Balaban J connectivity index is 1.67. The van der Waals surface area contributed by atoms with Gasteiger partial charge in [0.2, 0.25) is 5.91 Å². The summed E-state index contributed by atoms with van der Waals surface area (Å²) in [7, 11) is 0. The molecule has 45 heavy (non-hydrogen) atoms. The van der Waals surface area contributed by atoms with E-state index < -0.39 is 5.60 Å². The number of carbonyl (C=O) groups excluding carboxylic acids is 2. The second kappa shape index (κ2) is 13.6. The zero-order valence-electron chi connectivity index (χ0n) is 30.4. The highest BCUT2D eigenvalue weighted by atomic mass is 16.6. The lowest BCUT2D eigenvalue weighted by Gasteiger charge is -2.23. The number of amides is 1.